The molecule has 0 aromatic heterocycles. The van der Waals surface area contributed by atoms with Crippen LogP contribution in [0.4, 0.5) is 0 Å². The first-order valence-corrected chi connectivity index (χ1v) is 6.83. The first-order valence-electron chi connectivity index (χ1n) is 6.83. The van der Waals surface area contributed by atoms with Crippen molar-refractivity contribution in [2.75, 3.05) is 6.61 Å². The monoisotopic (exact) mass is 260 g/mol. The van der Waals surface area contributed by atoms with Gasteiger partial charge in [0, 0.05) is 0 Å². The quantitative estimate of drug-likeness (QED) is 0.759. The van der Waals surface area contributed by atoms with E-state index in [1.807, 2.05) is 24.3 Å². The van der Waals surface area contributed by atoms with Crippen molar-refractivity contribution in [1.29, 1.82) is 0 Å². The number of carbonyl (C=O) groups is 1. The molecule has 3 nitrogen and oxygen atoms in total. The minimum absolute atomic E-state index is 0.0239. The van der Waals surface area contributed by atoms with E-state index in [1.165, 1.54) is 6.42 Å². The molecule has 0 N–H and O–H groups in total. The van der Waals surface area contributed by atoms with Crippen LogP contribution in [0.15, 0.2) is 30.8 Å². The maximum absolute atomic E-state index is 11.6. The molecule has 102 valence electrons. The lowest BCUT2D eigenvalue weighted by atomic mass is 9.98. The van der Waals surface area contributed by atoms with Gasteiger partial charge in [-0.2, -0.15) is 0 Å². The average Bonchev–Trinajstić information content (AvgIpc) is 2.47. The summed E-state index contributed by atoms with van der Waals surface area (Å²) in [6.07, 6.45) is 7.39. The summed E-state index contributed by atoms with van der Waals surface area (Å²) in [4.78, 5) is 11.6. The van der Waals surface area contributed by atoms with Gasteiger partial charge in [-0.25, -0.2) is 4.79 Å². The highest BCUT2D eigenvalue weighted by Crippen LogP contribution is 2.20. The van der Waals surface area contributed by atoms with Crippen LogP contribution >= 0.6 is 0 Å². The fraction of sp³-hybridized carbons (Fsp3) is 0.438. The Hall–Kier alpha value is -1.77. The van der Waals surface area contributed by atoms with Gasteiger partial charge in [-0.15, -0.1) is 0 Å². The van der Waals surface area contributed by atoms with Crippen LogP contribution in [-0.4, -0.2) is 18.7 Å². The standard InChI is InChI=1S/C16H20O3/c1-2-13-8-10-14(11-9-13)18-12-16(17)19-15-6-4-3-5-7-15/h2,8-11,15H,1,3-7,12H2. The van der Waals surface area contributed by atoms with Crippen molar-refractivity contribution in [2.45, 2.75) is 38.2 Å². The van der Waals surface area contributed by atoms with Crippen LogP contribution in [-0.2, 0) is 9.53 Å². The van der Waals surface area contributed by atoms with Crippen LogP contribution in [0.5, 0.6) is 5.75 Å². The minimum atomic E-state index is -0.278. The molecule has 0 heterocycles. The number of hydrogen-bond donors (Lipinski definition) is 0. The molecule has 0 aliphatic heterocycles. The summed E-state index contributed by atoms with van der Waals surface area (Å²) >= 11 is 0. The molecule has 0 atom stereocenters. The first-order chi connectivity index (χ1) is 9.28. The molecule has 1 fully saturated rings. The van der Waals surface area contributed by atoms with Gasteiger partial charge in [0.2, 0.25) is 0 Å². The predicted octanol–water partition coefficient (Wildman–Crippen LogP) is 3.58. The molecule has 19 heavy (non-hydrogen) atoms. The van der Waals surface area contributed by atoms with Crippen LogP contribution in [0, 0.1) is 0 Å². The Kier molecular flexibility index (Phi) is 5.01. The zero-order valence-corrected chi connectivity index (χ0v) is 11.1. The van der Waals surface area contributed by atoms with Crippen molar-refractivity contribution in [3.63, 3.8) is 0 Å². The van der Waals surface area contributed by atoms with Crippen LogP contribution in [0.25, 0.3) is 6.08 Å². The van der Waals surface area contributed by atoms with Gasteiger partial charge in [-0.1, -0.05) is 31.2 Å². The zero-order chi connectivity index (χ0) is 13.5. The third kappa shape index (κ3) is 4.43. The predicted molar refractivity (Wildman–Crippen MR) is 75.0 cm³/mol. The average molecular weight is 260 g/mol. The van der Waals surface area contributed by atoms with Gasteiger partial charge in [-0.3, -0.25) is 0 Å². The van der Waals surface area contributed by atoms with Crippen molar-refractivity contribution in [2.24, 2.45) is 0 Å². The SMILES string of the molecule is C=Cc1ccc(OCC(=O)OC2CCCCC2)cc1. The van der Waals surface area contributed by atoms with Gasteiger partial charge in [0.1, 0.15) is 11.9 Å². The molecule has 0 unspecified atom stereocenters. The Morgan fingerprint density at radius 1 is 1.21 bits per heavy atom. The van der Waals surface area contributed by atoms with Gasteiger partial charge >= 0.3 is 5.97 Å². The van der Waals surface area contributed by atoms with E-state index in [-0.39, 0.29) is 18.7 Å². The van der Waals surface area contributed by atoms with E-state index in [0.29, 0.717) is 5.75 Å². The van der Waals surface area contributed by atoms with Crippen molar-refractivity contribution >= 4 is 12.0 Å². The number of rotatable bonds is 5. The van der Waals surface area contributed by atoms with Crippen molar-refractivity contribution in [3.05, 3.63) is 36.4 Å². The Bertz CT molecular complexity index is 416. The fourth-order valence-corrected chi connectivity index (χ4v) is 2.25. The second-order valence-corrected chi connectivity index (χ2v) is 4.81. The van der Waals surface area contributed by atoms with Gasteiger partial charge in [0.05, 0.1) is 0 Å². The summed E-state index contributed by atoms with van der Waals surface area (Å²) < 4.78 is 10.8. The summed E-state index contributed by atoms with van der Waals surface area (Å²) in [7, 11) is 0. The molecular formula is C16H20O3. The van der Waals surface area contributed by atoms with Gasteiger partial charge < -0.3 is 9.47 Å². The third-order valence-electron chi connectivity index (χ3n) is 3.32. The Morgan fingerprint density at radius 3 is 2.53 bits per heavy atom. The van der Waals surface area contributed by atoms with Crippen LogP contribution in [0.2, 0.25) is 0 Å². The highest BCUT2D eigenvalue weighted by molar-refractivity contribution is 5.71. The molecule has 0 amide bonds. The van der Waals surface area contributed by atoms with E-state index in [1.54, 1.807) is 6.08 Å². The smallest absolute Gasteiger partial charge is 0.344 e. The second-order valence-electron chi connectivity index (χ2n) is 4.81. The molecule has 3 heteroatoms. The molecule has 0 spiro atoms. The molecule has 1 saturated carbocycles. The molecule has 0 radical (unpaired) electrons. The van der Waals surface area contributed by atoms with Crippen molar-refractivity contribution in [3.8, 4) is 5.75 Å². The van der Waals surface area contributed by atoms with E-state index in [4.69, 9.17) is 9.47 Å². The van der Waals surface area contributed by atoms with Gasteiger partial charge in [0.15, 0.2) is 6.61 Å². The Balaban J connectivity index is 1.74. The molecule has 1 aliphatic rings. The van der Waals surface area contributed by atoms with Crippen molar-refractivity contribution < 1.29 is 14.3 Å². The third-order valence-corrected chi connectivity index (χ3v) is 3.32. The fourth-order valence-electron chi connectivity index (χ4n) is 2.25. The van der Waals surface area contributed by atoms with E-state index in [2.05, 4.69) is 6.58 Å². The summed E-state index contributed by atoms with van der Waals surface area (Å²) in [5, 5.41) is 0. The van der Waals surface area contributed by atoms with Crippen LogP contribution in [0.1, 0.15) is 37.7 Å². The lowest BCUT2D eigenvalue weighted by Gasteiger charge is -2.21. The van der Waals surface area contributed by atoms with E-state index >= 15 is 0 Å². The van der Waals surface area contributed by atoms with Gasteiger partial charge in [-0.05, 0) is 43.4 Å². The summed E-state index contributed by atoms with van der Waals surface area (Å²) in [6.45, 7) is 3.66. The number of ether oxygens (including phenoxy) is 2. The molecule has 0 saturated heterocycles. The summed E-state index contributed by atoms with van der Waals surface area (Å²) in [6, 6.07) is 7.44. The maximum atomic E-state index is 11.6. The van der Waals surface area contributed by atoms with Gasteiger partial charge in [0.25, 0.3) is 0 Å². The highest BCUT2D eigenvalue weighted by atomic mass is 16.6. The second kappa shape index (κ2) is 6.98. The first kappa shape index (κ1) is 13.7. The van der Waals surface area contributed by atoms with Crippen LogP contribution in [0.3, 0.4) is 0 Å². The van der Waals surface area contributed by atoms with E-state index in [9.17, 15) is 4.79 Å². The molecule has 1 aromatic rings. The topological polar surface area (TPSA) is 35.5 Å². The maximum Gasteiger partial charge on any atom is 0.344 e. The van der Waals surface area contributed by atoms with Crippen molar-refractivity contribution in [1.82, 2.24) is 0 Å². The molecule has 0 bridgehead atoms. The van der Waals surface area contributed by atoms with E-state index < -0.39 is 0 Å². The number of benzene rings is 1. The molecule has 1 aromatic carbocycles. The molecular weight excluding hydrogens is 240 g/mol. The normalized spacial score (nSPS) is 15.8. The van der Waals surface area contributed by atoms with E-state index in [0.717, 1.165) is 31.2 Å². The zero-order valence-electron chi connectivity index (χ0n) is 11.1. The lowest BCUT2D eigenvalue weighted by molar-refractivity contribution is -0.152. The van der Waals surface area contributed by atoms with Crippen LogP contribution < -0.4 is 4.74 Å². The lowest BCUT2D eigenvalue weighted by Crippen LogP contribution is -2.24. The molecule has 2 rings (SSSR count). The largest absolute Gasteiger partial charge is 0.482 e. The number of carbonyl (C=O) groups excluding carboxylic acids is 1. The highest BCUT2D eigenvalue weighted by Gasteiger charge is 2.17. The molecule has 1 aliphatic carbocycles. The summed E-state index contributed by atoms with van der Waals surface area (Å²) in [5.41, 5.74) is 1.03. The number of esters is 1. The Morgan fingerprint density at radius 2 is 1.89 bits per heavy atom. The minimum Gasteiger partial charge on any atom is -0.482 e. The number of hydrogen-bond acceptors (Lipinski definition) is 3. The summed E-state index contributed by atoms with van der Waals surface area (Å²) in [5.74, 6) is 0.394. The Labute approximate surface area is 114 Å².